The van der Waals surface area contributed by atoms with Crippen molar-refractivity contribution in [3.05, 3.63) is 65.8 Å². The molecule has 0 heterocycles. The number of ether oxygens (including phenoxy) is 1. The van der Waals surface area contributed by atoms with Gasteiger partial charge in [-0.3, -0.25) is 9.59 Å². The van der Waals surface area contributed by atoms with Crippen molar-refractivity contribution in [2.24, 2.45) is 5.92 Å². The Morgan fingerprint density at radius 1 is 1.29 bits per heavy atom. The van der Waals surface area contributed by atoms with Crippen molar-refractivity contribution in [2.75, 3.05) is 6.61 Å². The zero-order chi connectivity index (χ0) is 22.9. The molecule has 0 saturated carbocycles. The molecule has 1 aliphatic carbocycles. The van der Waals surface area contributed by atoms with E-state index in [1.54, 1.807) is 12.2 Å². The van der Waals surface area contributed by atoms with Crippen LogP contribution < -0.4 is 4.74 Å². The molecule has 1 aromatic rings. The van der Waals surface area contributed by atoms with Crippen molar-refractivity contribution < 1.29 is 37.7 Å². The number of unbranched alkanes of at least 4 members (excludes halogenated alkanes) is 1. The summed E-state index contributed by atoms with van der Waals surface area (Å²) in [5.74, 6) is -1.11. The van der Waals surface area contributed by atoms with Gasteiger partial charge >= 0.3 is 12.1 Å². The summed E-state index contributed by atoms with van der Waals surface area (Å²) in [6, 6.07) is 4.42. The second-order valence-electron chi connectivity index (χ2n) is 7.18. The van der Waals surface area contributed by atoms with E-state index in [0.29, 0.717) is 25.7 Å². The number of carbonyl (C=O) groups is 2. The minimum absolute atomic E-state index is 0.00319. The quantitative estimate of drug-likeness (QED) is 0.386. The molecule has 5 nitrogen and oxygen atoms in total. The first-order chi connectivity index (χ1) is 14.7. The number of hydrogen-bond acceptors (Lipinski definition) is 4. The number of allylic oxidation sites excluding steroid dienone is 5. The summed E-state index contributed by atoms with van der Waals surface area (Å²) in [4.78, 5) is 22.6. The molecule has 0 fully saturated rings. The molecule has 0 bridgehead atoms. The van der Waals surface area contributed by atoms with E-state index in [2.05, 4.69) is 0 Å². The van der Waals surface area contributed by atoms with Crippen LogP contribution in [0.15, 0.2) is 60.2 Å². The lowest BCUT2D eigenvalue weighted by Crippen LogP contribution is -2.15. The highest BCUT2D eigenvalue weighted by Crippen LogP contribution is 2.31. The largest absolute Gasteiger partial charge is 0.491 e. The first-order valence-corrected chi connectivity index (χ1v) is 9.92. The van der Waals surface area contributed by atoms with Crippen LogP contribution in [0, 0.1) is 5.92 Å². The van der Waals surface area contributed by atoms with E-state index in [4.69, 9.17) is 9.84 Å². The van der Waals surface area contributed by atoms with Crippen molar-refractivity contribution in [3.8, 4) is 5.75 Å². The predicted octanol–water partition coefficient (Wildman–Crippen LogP) is 4.72. The summed E-state index contributed by atoms with van der Waals surface area (Å²) in [6.07, 6.45) is 5.07. The molecule has 31 heavy (non-hydrogen) atoms. The van der Waals surface area contributed by atoms with Gasteiger partial charge < -0.3 is 14.9 Å². The molecule has 2 rings (SSSR count). The molecule has 2 atom stereocenters. The Hall–Kier alpha value is -2.87. The summed E-state index contributed by atoms with van der Waals surface area (Å²) in [6.45, 7) is -0.229. The summed E-state index contributed by atoms with van der Waals surface area (Å²) >= 11 is 0. The van der Waals surface area contributed by atoms with Gasteiger partial charge in [-0.15, -0.1) is 0 Å². The maximum atomic E-state index is 12.7. The molecular weight excluding hydrogens is 413 g/mol. The minimum atomic E-state index is -4.47. The van der Waals surface area contributed by atoms with Crippen LogP contribution in [-0.2, 0) is 15.8 Å². The second kappa shape index (κ2) is 11.5. The number of alkyl halides is 3. The molecule has 0 saturated heterocycles. The monoisotopic (exact) mass is 438 g/mol. The first kappa shape index (κ1) is 24.4. The molecule has 168 valence electrons. The van der Waals surface area contributed by atoms with Crippen LogP contribution in [0.25, 0.3) is 0 Å². The Labute approximate surface area is 178 Å². The van der Waals surface area contributed by atoms with E-state index in [-0.39, 0.29) is 30.5 Å². The smallest absolute Gasteiger partial charge is 0.416 e. The number of carbonyl (C=O) groups excluding carboxylic acids is 1. The number of aliphatic hydroxyl groups is 1. The lowest BCUT2D eigenvalue weighted by Gasteiger charge is -2.12. The Morgan fingerprint density at radius 3 is 2.77 bits per heavy atom. The van der Waals surface area contributed by atoms with Gasteiger partial charge in [-0.1, -0.05) is 36.4 Å². The van der Waals surface area contributed by atoms with Crippen molar-refractivity contribution in [1.82, 2.24) is 0 Å². The van der Waals surface area contributed by atoms with Crippen molar-refractivity contribution in [3.63, 3.8) is 0 Å². The van der Waals surface area contributed by atoms with Crippen molar-refractivity contribution >= 4 is 11.8 Å². The lowest BCUT2D eigenvalue weighted by molar-refractivity contribution is -0.138. The standard InChI is InChI=1S/C23H25F3O5/c24-23(25,26)17-6-5-7-19(14-17)31-15-18(27)12-10-16-11-13-21(28)20(16)8-3-1-2-4-9-22(29)30/h1,3,5-7,10-12,14,18,20,27H,2,4,8-9,13,15H2,(H,29,30)/t18?,20-/m1/s1. The minimum Gasteiger partial charge on any atom is -0.491 e. The Balaban J connectivity index is 1.83. The Bertz CT molecular complexity index is 855. The van der Waals surface area contributed by atoms with Crippen LogP contribution in [0.1, 0.15) is 37.7 Å². The fraction of sp³-hybridized carbons (Fsp3) is 0.391. The van der Waals surface area contributed by atoms with Crippen molar-refractivity contribution in [2.45, 2.75) is 44.4 Å². The molecule has 0 amide bonds. The molecule has 0 radical (unpaired) electrons. The van der Waals surface area contributed by atoms with E-state index in [1.807, 2.05) is 12.2 Å². The number of benzene rings is 1. The van der Waals surface area contributed by atoms with E-state index < -0.39 is 23.8 Å². The number of rotatable bonds is 11. The van der Waals surface area contributed by atoms with Gasteiger partial charge in [0.2, 0.25) is 0 Å². The number of Topliss-reactive ketones (excluding diaryl/α,β-unsaturated/α-hetero) is 1. The zero-order valence-electron chi connectivity index (χ0n) is 16.8. The van der Waals surface area contributed by atoms with Gasteiger partial charge in [-0.05, 0) is 43.0 Å². The highest BCUT2D eigenvalue weighted by molar-refractivity contribution is 5.89. The van der Waals surface area contributed by atoms with E-state index in [1.165, 1.54) is 18.2 Å². The van der Waals surface area contributed by atoms with Gasteiger partial charge in [0, 0.05) is 18.8 Å². The number of halogens is 3. The topological polar surface area (TPSA) is 83.8 Å². The fourth-order valence-corrected chi connectivity index (χ4v) is 3.08. The number of aliphatic carboxylic acids is 1. The molecule has 1 aromatic carbocycles. The average molecular weight is 438 g/mol. The van der Waals surface area contributed by atoms with Crippen LogP contribution in [0.4, 0.5) is 13.2 Å². The summed E-state index contributed by atoms with van der Waals surface area (Å²) < 4.78 is 43.4. The van der Waals surface area contributed by atoms with Crippen molar-refractivity contribution in [1.29, 1.82) is 0 Å². The van der Waals surface area contributed by atoms with Gasteiger partial charge in [-0.2, -0.15) is 13.2 Å². The average Bonchev–Trinajstić information content (AvgIpc) is 3.06. The van der Waals surface area contributed by atoms with Gasteiger partial charge in [0.15, 0.2) is 0 Å². The van der Waals surface area contributed by atoms with E-state index in [9.17, 15) is 27.9 Å². The summed E-state index contributed by atoms with van der Waals surface area (Å²) in [7, 11) is 0. The Morgan fingerprint density at radius 2 is 2.06 bits per heavy atom. The van der Waals surface area contributed by atoms with E-state index in [0.717, 1.165) is 17.7 Å². The number of aliphatic hydroxyl groups excluding tert-OH is 1. The predicted molar refractivity (Wildman–Crippen MR) is 109 cm³/mol. The SMILES string of the molecule is O=C(O)CCCC=CC[C@H]1C(=O)CC=C1C=CC(O)COc1cccc(C(F)(F)F)c1. The summed E-state index contributed by atoms with van der Waals surface area (Å²) in [5.41, 5.74) is -0.0678. The molecular formula is C23H25F3O5. The zero-order valence-corrected chi connectivity index (χ0v) is 16.8. The number of ketones is 1. The van der Waals surface area contributed by atoms with Crippen LogP contribution in [0.5, 0.6) is 5.75 Å². The maximum Gasteiger partial charge on any atom is 0.416 e. The molecule has 0 aliphatic heterocycles. The van der Waals surface area contributed by atoms with Crippen LogP contribution in [-0.4, -0.2) is 34.7 Å². The third-order valence-electron chi connectivity index (χ3n) is 4.72. The highest BCUT2D eigenvalue weighted by atomic mass is 19.4. The molecule has 0 spiro atoms. The molecule has 8 heteroatoms. The normalized spacial score (nSPS) is 18.0. The maximum absolute atomic E-state index is 12.7. The fourth-order valence-electron chi connectivity index (χ4n) is 3.08. The molecule has 1 unspecified atom stereocenters. The lowest BCUT2D eigenvalue weighted by atomic mass is 9.95. The second-order valence-corrected chi connectivity index (χ2v) is 7.18. The van der Waals surface area contributed by atoms with E-state index >= 15 is 0 Å². The first-order valence-electron chi connectivity index (χ1n) is 9.92. The van der Waals surface area contributed by atoms with Gasteiger partial charge in [0.1, 0.15) is 24.2 Å². The molecule has 0 aromatic heterocycles. The highest BCUT2D eigenvalue weighted by Gasteiger charge is 2.30. The van der Waals surface area contributed by atoms with Crippen LogP contribution in [0.3, 0.4) is 0 Å². The van der Waals surface area contributed by atoms with Crippen LogP contribution >= 0.6 is 0 Å². The third kappa shape index (κ3) is 8.41. The van der Waals surface area contributed by atoms with Gasteiger partial charge in [-0.25, -0.2) is 0 Å². The van der Waals surface area contributed by atoms with Gasteiger partial charge in [0.25, 0.3) is 0 Å². The van der Waals surface area contributed by atoms with Gasteiger partial charge in [0.05, 0.1) is 5.56 Å². The number of carboxylic acids is 1. The van der Waals surface area contributed by atoms with Crippen LogP contribution in [0.2, 0.25) is 0 Å². The third-order valence-corrected chi connectivity index (χ3v) is 4.72. The summed E-state index contributed by atoms with van der Waals surface area (Å²) in [5, 5.41) is 18.7. The molecule has 2 N–H and O–H groups in total. The number of hydrogen-bond donors (Lipinski definition) is 2. The number of carboxylic acid groups (broad SMARTS) is 1. The Kier molecular flexibility index (Phi) is 9.05. The molecule has 1 aliphatic rings.